The molecule has 2 aliphatic rings. The van der Waals surface area contributed by atoms with Crippen LogP contribution in [-0.4, -0.2) is 36.2 Å². The predicted octanol–water partition coefficient (Wildman–Crippen LogP) is 1.81. The van der Waals surface area contributed by atoms with E-state index in [4.69, 9.17) is 4.74 Å². The molecular weight excluding hydrogens is 222 g/mol. The third kappa shape index (κ3) is 2.38. The van der Waals surface area contributed by atoms with Gasteiger partial charge >= 0.3 is 5.97 Å². The smallest absolute Gasteiger partial charge is 0.325 e. The quantitative estimate of drug-likeness (QED) is 0.751. The lowest BCUT2D eigenvalue weighted by atomic mass is 9.91. The standard InChI is InChI=1S/C12H21NO2S/c1-12(11(14)15-2)7-9(8-13-12)10-5-3-4-6-16-10/h9-10,13H,3-8H2,1-2H3. The van der Waals surface area contributed by atoms with Gasteiger partial charge in [-0.05, 0) is 37.9 Å². The Morgan fingerprint density at radius 1 is 1.50 bits per heavy atom. The summed E-state index contributed by atoms with van der Waals surface area (Å²) in [6.07, 6.45) is 4.95. The zero-order valence-electron chi connectivity index (χ0n) is 10.1. The van der Waals surface area contributed by atoms with Crippen LogP contribution in [-0.2, 0) is 9.53 Å². The summed E-state index contributed by atoms with van der Waals surface area (Å²) in [7, 11) is 1.47. The average molecular weight is 243 g/mol. The average Bonchev–Trinajstić information content (AvgIpc) is 2.73. The summed E-state index contributed by atoms with van der Waals surface area (Å²) >= 11 is 2.09. The van der Waals surface area contributed by atoms with Crippen molar-refractivity contribution in [2.45, 2.75) is 43.4 Å². The van der Waals surface area contributed by atoms with Crippen molar-refractivity contribution in [2.24, 2.45) is 5.92 Å². The Kier molecular flexibility index (Phi) is 3.80. The number of hydrogen-bond acceptors (Lipinski definition) is 4. The normalized spacial score (nSPS) is 39.6. The van der Waals surface area contributed by atoms with E-state index in [9.17, 15) is 4.79 Å². The minimum atomic E-state index is -0.447. The first kappa shape index (κ1) is 12.2. The topological polar surface area (TPSA) is 38.3 Å². The Bertz CT molecular complexity index is 266. The van der Waals surface area contributed by atoms with Crippen molar-refractivity contribution >= 4 is 17.7 Å². The Morgan fingerprint density at radius 3 is 2.94 bits per heavy atom. The minimum Gasteiger partial charge on any atom is -0.468 e. The molecule has 0 amide bonds. The van der Waals surface area contributed by atoms with Gasteiger partial charge in [-0.25, -0.2) is 0 Å². The highest BCUT2D eigenvalue weighted by atomic mass is 32.2. The van der Waals surface area contributed by atoms with Crippen LogP contribution in [0.3, 0.4) is 0 Å². The van der Waals surface area contributed by atoms with E-state index in [0.717, 1.165) is 18.2 Å². The first-order chi connectivity index (χ1) is 7.65. The highest BCUT2D eigenvalue weighted by molar-refractivity contribution is 7.99. The molecule has 2 aliphatic heterocycles. The molecule has 0 aromatic heterocycles. The van der Waals surface area contributed by atoms with E-state index in [0.29, 0.717) is 5.92 Å². The molecule has 0 saturated carbocycles. The van der Waals surface area contributed by atoms with E-state index in [2.05, 4.69) is 17.1 Å². The number of thioether (sulfide) groups is 1. The van der Waals surface area contributed by atoms with E-state index in [1.54, 1.807) is 0 Å². The fraction of sp³-hybridized carbons (Fsp3) is 0.917. The van der Waals surface area contributed by atoms with E-state index in [-0.39, 0.29) is 5.97 Å². The van der Waals surface area contributed by atoms with Crippen molar-refractivity contribution in [2.75, 3.05) is 19.4 Å². The number of rotatable bonds is 2. The molecule has 0 bridgehead atoms. The van der Waals surface area contributed by atoms with Gasteiger partial charge in [0, 0.05) is 11.8 Å². The fourth-order valence-electron chi connectivity index (χ4n) is 2.81. The van der Waals surface area contributed by atoms with Gasteiger partial charge in [0.1, 0.15) is 5.54 Å². The Balaban J connectivity index is 1.93. The van der Waals surface area contributed by atoms with E-state index < -0.39 is 5.54 Å². The molecule has 1 N–H and O–H groups in total. The van der Waals surface area contributed by atoms with Gasteiger partial charge in [0.05, 0.1) is 7.11 Å². The minimum absolute atomic E-state index is 0.115. The second kappa shape index (κ2) is 4.96. The van der Waals surface area contributed by atoms with Crippen LogP contribution in [0.2, 0.25) is 0 Å². The van der Waals surface area contributed by atoms with Gasteiger partial charge in [-0.15, -0.1) is 0 Å². The zero-order chi connectivity index (χ0) is 11.6. The molecule has 0 aromatic carbocycles. The number of ether oxygens (including phenoxy) is 1. The second-order valence-corrected chi connectivity index (χ2v) is 6.42. The number of nitrogens with one attached hydrogen (secondary N) is 1. The second-order valence-electron chi connectivity index (χ2n) is 5.07. The van der Waals surface area contributed by atoms with E-state index >= 15 is 0 Å². The van der Waals surface area contributed by atoms with Gasteiger partial charge in [0.2, 0.25) is 0 Å². The van der Waals surface area contributed by atoms with Crippen LogP contribution < -0.4 is 5.32 Å². The lowest BCUT2D eigenvalue weighted by Crippen LogP contribution is -2.45. The first-order valence-corrected chi connectivity index (χ1v) is 7.15. The summed E-state index contributed by atoms with van der Waals surface area (Å²) in [4.78, 5) is 11.7. The molecule has 16 heavy (non-hydrogen) atoms. The summed E-state index contributed by atoms with van der Waals surface area (Å²) in [5.74, 6) is 1.81. The molecule has 2 saturated heterocycles. The van der Waals surface area contributed by atoms with Crippen molar-refractivity contribution in [1.82, 2.24) is 5.32 Å². The van der Waals surface area contributed by atoms with Crippen LogP contribution in [0.25, 0.3) is 0 Å². The molecule has 92 valence electrons. The summed E-state index contributed by atoms with van der Waals surface area (Å²) in [5, 5.41) is 4.09. The van der Waals surface area contributed by atoms with Crippen LogP contribution in [0.5, 0.6) is 0 Å². The highest BCUT2D eigenvalue weighted by Gasteiger charge is 2.44. The third-order valence-electron chi connectivity index (χ3n) is 3.80. The van der Waals surface area contributed by atoms with Crippen molar-refractivity contribution in [3.05, 3.63) is 0 Å². The maximum atomic E-state index is 11.7. The van der Waals surface area contributed by atoms with Gasteiger partial charge < -0.3 is 10.1 Å². The lowest BCUT2D eigenvalue weighted by Gasteiger charge is -2.27. The zero-order valence-corrected chi connectivity index (χ0v) is 10.9. The molecule has 2 rings (SSSR count). The summed E-state index contributed by atoms with van der Waals surface area (Å²) in [6.45, 7) is 2.93. The molecule has 0 aliphatic carbocycles. The summed E-state index contributed by atoms with van der Waals surface area (Å²) in [6, 6.07) is 0. The van der Waals surface area contributed by atoms with E-state index in [1.165, 1.54) is 32.1 Å². The van der Waals surface area contributed by atoms with Gasteiger partial charge in [0.25, 0.3) is 0 Å². The van der Waals surface area contributed by atoms with Crippen molar-refractivity contribution in [1.29, 1.82) is 0 Å². The summed E-state index contributed by atoms with van der Waals surface area (Å²) < 4.78 is 4.86. The van der Waals surface area contributed by atoms with E-state index in [1.807, 2.05) is 6.92 Å². The highest BCUT2D eigenvalue weighted by Crippen LogP contribution is 2.37. The Hall–Kier alpha value is -0.220. The maximum absolute atomic E-state index is 11.7. The van der Waals surface area contributed by atoms with Crippen LogP contribution in [0, 0.1) is 5.92 Å². The fourth-order valence-corrected chi connectivity index (χ4v) is 4.28. The first-order valence-electron chi connectivity index (χ1n) is 6.11. The molecule has 0 spiro atoms. The van der Waals surface area contributed by atoms with Gasteiger partial charge in [-0.2, -0.15) is 11.8 Å². The molecule has 0 radical (unpaired) electrons. The maximum Gasteiger partial charge on any atom is 0.325 e. The van der Waals surface area contributed by atoms with Crippen molar-refractivity contribution in [3.8, 4) is 0 Å². The Labute approximate surface area is 102 Å². The monoisotopic (exact) mass is 243 g/mol. The number of esters is 1. The molecule has 3 unspecified atom stereocenters. The number of methoxy groups -OCH3 is 1. The predicted molar refractivity (Wildman–Crippen MR) is 66.6 cm³/mol. The molecule has 2 fully saturated rings. The van der Waals surface area contributed by atoms with Gasteiger partial charge in [-0.1, -0.05) is 6.42 Å². The van der Waals surface area contributed by atoms with Crippen LogP contribution >= 0.6 is 11.8 Å². The van der Waals surface area contributed by atoms with Crippen LogP contribution in [0.4, 0.5) is 0 Å². The van der Waals surface area contributed by atoms with Gasteiger partial charge in [-0.3, -0.25) is 4.79 Å². The molecule has 0 aromatic rings. The molecule has 4 heteroatoms. The summed E-state index contributed by atoms with van der Waals surface area (Å²) in [5.41, 5.74) is -0.447. The largest absolute Gasteiger partial charge is 0.468 e. The number of hydrogen-bond donors (Lipinski definition) is 1. The van der Waals surface area contributed by atoms with Gasteiger partial charge in [0.15, 0.2) is 0 Å². The van der Waals surface area contributed by atoms with Crippen LogP contribution in [0.1, 0.15) is 32.6 Å². The number of carbonyl (C=O) groups excluding carboxylic acids is 1. The lowest BCUT2D eigenvalue weighted by molar-refractivity contribution is -0.147. The molecule has 3 atom stereocenters. The molecule has 2 heterocycles. The third-order valence-corrected chi connectivity index (χ3v) is 5.37. The Morgan fingerprint density at radius 2 is 2.31 bits per heavy atom. The van der Waals surface area contributed by atoms with Crippen molar-refractivity contribution in [3.63, 3.8) is 0 Å². The molecule has 3 nitrogen and oxygen atoms in total. The molecular formula is C12H21NO2S. The SMILES string of the molecule is COC(=O)C1(C)CC(C2CCCCS2)CN1. The number of carbonyl (C=O) groups is 1. The van der Waals surface area contributed by atoms with Crippen LogP contribution in [0.15, 0.2) is 0 Å². The van der Waals surface area contributed by atoms with Crippen molar-refractivity contribution < 1.29 is 9.53 Å².